The van der Waals surface area contributed by atoms with Crippen LogP contribution < -0.4 is 10.1 Å². The molecule has 0 fully saturated rings. The number of hydrogen-bond acceptors (Lipinski definition) is 6. The van der Waals surface area contributed by atoms with E-state index in [2.05, 4.69) is 15.5 Å². The number of fused-ring (bicyclic) bond motifs is 1. The van der Waals surface area contributed by atoms with Crippen LogP contribution in [0.1, 0.15) is 31.9 Å². The molecule has 3 rings (SSSR count). The molecule has 0 spiro atoms. The van der Waals surface area contributed by atoms with Gasteiger partial charge in [-0.1, -0.05) is 0 Å². The third-order valence-electron chi connectivity index (χ3n) is 4.10. The molecule has 29 heavy (non-hydrogen) atoms. The van der Waals surface area contributed by atoms with Crippen LogP contribution in [0.4, 0.5) is 9.18 Å². The minimum atomic E-state index is -0.663. The third kappa shape index (κ3) is 4.11. The molecule has 0 aliphatic rings. The zero-order chi connectivity index (χ0) is 21.2. The Hall–Kier alpha value is -3.67. The summed E-state index contributed by atoms with van der Waals surface area (Å²) in [4.78, 5) is 12.0. The lowest BCUT2D eigenvalue weighted by molar-refractivity contribution is 0.129. The van der Waals surface area contributed by atoms with E-state index in [9.17, 15) is 10.1 Å². The second-order valence-corrected chi connectivity index (χ2v) is 7.33. The molecule has 1 amide bonds. The van der Waals surface area contributed by atoms with Gasteiger partial charge in [-0.2, -0.15) is 5.26 Å². The summed E-state index contributed by atoms with van der Waals surface area (Å²) in [6.07, 6.45) is 0.742. The van der Waals surface area contributed by atoms with Crippen molar-refractivity contribution in [2.75, 3.05) is 7.11 Å². The highest BCUT2D eigenvalue weighted by molar-refractivity contribution is 5.70. The third-order valence-corrected chi connectivity index (χ3v) is 4.10. The Morgan fingerprint density at radius 3 is 2.72 bits per heavy atom. The van der Waals surface area contributed by atoms with Gasteiger partial charge in [-0.25, -0.2) is 9.18 Å². The van der Waals surface area contributed by atoms with Gasteiger partial charge in [0.05, 0.1) is 23.9 Å². The fourth-order valence-electron chi connectivity index (χ4n) is 2.83. The first-order valence-electron chi connectivity index (χ1n) is 8.78. The number of benzene rings is 1. The Kier molecular flexibility index (Phi) is 5.37. The number of rotatable bonds is 4. The number of pyridine rings is 1. The predicted octanol–water partition coefficient (Wildman–Crippen LogP) is 3.44. The van der Waals surface area contributed by atoms with Gasteiger partial charge in [0.15, 0.2) is 5.65 Å². The molecule has 0 saturated heterocycles. The van der Waals surface area contributed by atoms with E-state index < -0.39 is 17.4 Å². The number of methoxy groups -OCH3 is 1. The van der Waals surface area contributed by atoms with Crippen LogP contribution >= 0.6 is 0 Å². The maximum atomic E-state index is 15.4. The molecule has 1 N–H and O–H groups in total. The van der Waals surface area contributed by atoms with E-state index in [1.54, 1.807) is 24.3 Å². The van der Waals surface area contributed by atoms with Crippen LogP contribution in [0.15, 0.2) is 30.6 Å². The monoisotopic (exact) mass is 397 g/mol. The van der Waals surface area contributed by atoms with Crippen molar-refractivity contribution in [2.24, 2.45) is 0 Å². The topological polar surface area (TPSA) is 102 Å². The lowest BCUT2D eigenvalue weighted by Gasteiger charge is -2.20. The number of carbonyl (C=O) groups is 1. The Morgan fingerprint density at radius 2 is 2.07 bits per heavy atom. The quantitative estimate of drug-likeness (QED) is 0.724. The second-order valence-electron chi connectivity index (χ2n) is 7.33. The summed E-state index contributed by atoms with van der Waals surface area (Å²) >= 11 is 0. The smallest absolute Gasteiger partial charge is 0.407 e. The van der Waals surface area contributed by atoms with Gasteiger partial charge in [0, 0.05) is 11.1 Å². The highest BCUT2D eigenvalue weighted by Crippen LogP contribution is 2.32. The number of carbonyl (C=O) groups excluding carboxylic acids is 1. The summed E-state index contributed by atoms with van der Waals surface area (Å²) in [7, 11) is 1.41. The minimum absolute atomic E-state index is 0.0969. The molecule has 0 saturated carbocycles. The van der Waals surface area contributed by atoms with Gasteiger partial charge in [-0.15, -0.1) is 10.2 Å². The molecule has 3 aromatic rings. The first-order chi connectivity index (χ1) is 13.7. The molecular weight excluding hydrogens is 377 g/mol. The highest BCUT2D eigenvalue weighted by Gasteiger charge is 2.21. The number of ether oxygens (including phenoxy) is 2. The van der Waals surface area contributed by atoms with Gasteiger partial charge in [0.1, 0.15) is 30.6 Å². The van der Waals surface area contributed by atoms with E-state index in [-0.39, 0.29) is 23.5 Å². The van der Waals surface area contributed by atoms with Crippen LogP contribution in [0.5, 0.6) is 5.75 Å². The summed E-state index contributed by atoms with van der Waals surface area (Å²) in [5, 5.41) is 19.6. The van der Waals surface area contributed by atoms with Gasteiger partial charge >= 0.3 is 6.09 Å². The van der Waals surface area contributed by atoms with Crippen molar-refractivity contribution in [3.05, 3.63) is 47.5 Å². The van der Waals surface area contributed by atoms with Crippen molar-refractivity contribution in [2.45, 2.75) is 32.9 Å². The molecule has 0 radical (unpaired) electrons. The largest absolute Gasteiger partial charge is 0.496 e. The van der Waals surface area contributed by atoms with Crippen LogP contribution in [0.2, 0.25) is 0 Å². The lowest BCUT2D eigenvalue weighted by atomic mass is 10.0. The zero-order valence-electron chi connectivity index (χ0n) is 16.5. The van der Waals surface area contributed by atoms with E-state index in [1.165, 1.54) is 17.8 Å². The molecule has 1 aromatic carbocycles. The first kappa shape index (κ1) is 20.1. The van der Waals surface area contributed by atoms with Gasteiger partial charge in [0.2, 0.25) is 0 Å². The van der Waals surface area contributed by atoms with E-state index in [0.29, 0.717) is 16.9 Å². The second kappa shape index (κ2) is 7.75. The summed E-state index contributed by atoms with van der Waals surface area (Å²) in [5.74, 6) is -0.351. The van der Waals surface area contributed by atoms with E-state index in [1.807, 2.05) is 26.8 Å². The number of nitriles is 1. The molecular formula is C20H20FN5O3. The van der Waals surface area contributed by atoms with Crippen molar-refractivity contribution in [1.82, 2.24) is 19.9 Å². The van der Waals surface area contributed by atoms with Gasteiger partial charge in [0.25, 0.3) is 0 Å². The Labute approximate surface area is 166 Å². The van der Waals surface area contributed by atoms with Gasteiger partial charge < -0.3 is 14.8 Å². The first-order valence-corrected chi connectivity index (χ1v) is 8.78. The minimum Gasteiger partial charge on any atom is -0.496 e. The van der Waals surface area contributed by atoms with Gasteiger partial charge in [-0.3, -0.25) is 4.40 Å². The molecule has 2 heterocycles. The van der Waals surface area contributed by atoms with E-state index in [0.717, 1.165) is 0 Å². The van der Waals surface area contributed by atoms with E-state index >= 15 is 4.39 Å². The standard InChI is InChI=1S/C20H20FN5O3/c1-20(2,3)24-19(27)29-10-14-16(28-4)8-6-13(17(14)21)15-7-5-12(9-22)18-25-23-11-26(15)18/h5-8,11H,10H2,1-4H3,(H,24,27). The maximum absolute atomic E-state index is 15.4. The van der Waals surface area contributed by atoms with Crippen LogP contribution in [0.3, 0.4) is 0 Å². The van der Waals surface area contributed by atoms with Crippen molar-refractivity contribution in [3.8, 4) is 23.1 Å². The van der Waals surface area contributed by atoms with Crippen LogP contribution in [-0.2, 0) is 11.3 Å². The summed E-state index contributed by atoms with van der Waals surface area (Å²) < 4.78 is 27.3. The fourth-order valence-corrected chi connectivity index (χ4v) is 2.83. The molecule has 150 valence electrons. The molecule has 0 aliphatic carbocycles. The van der Waals surface area contributed by atoms with E-state index in [4.69, 9.17) is 9.47 Å². The molecule has 8 nitrogen and oxygen atoms in total. The molecule has 0 bridgehead atoms. The van der Waals surface area contributed by atoms with Crippen LogP contribution in [0.25, 0.3) is 16.9 Å². The molecule has 0 aliphatic heterocycles. The number of nitrogens with zero attached hydrogens (tertiary/aromatic N) is 4. The molecule has 0 unspecified atom stereocenters. The number of nitrogens with one attached hydrogen (secondary N) is 1. The molecule has 2 aromatic heterocycles. The maximum Gasteiger partial charge on any atom is 0.407 e. The number of halogens is 1. The number of alkyl carbamates (subject to hydrolysis) is 1. The average molecular weight is 397 g/mol. The Balaban J connectivity index is 2.01. The van der Waals surface area contributed by atoms with Crippen molar-refractivity contribution in [1.29, 1.82) is 5.26 Å². The Bertz CT molecular complexity index is 1110. The van der Waals surface area contributed by atoms with Crippen LogP contribution in [0, 0.1) is 17.1 Å². The number of amides is 1. The number of hydrogen-bond donors (Lipinski definition) is 1. The SMILES string of the molecule is COc1ccc(-c2ccc(C#N)c3nncn23)c(F)c1COC(=O)NC(C)(C)C. The summed E-state index contributed by atoms with van der Waals surface area (Å²) in [5.41, 5.74) is 0.939. The molecule has 9 heteroatoms. The zero-order valence-corrected chi connectivity index (χ0v) is 16.5. The summed E-state index contributed by atoms with van der Waals surface area (Å²) in [6, 6.07) is 8.33. The highest BCUT2D eigenvalue weighted by atomic mass is 19.1. The number of aromatic nitrogens is 3. The molecule has 0 atom stereocenters. The van der Waals surface area contributed by atoms with Crippen molar-refractivity contribution < 1.29 is 18.7 Å². The van der Waals surface area contributed by atoms with Gasteiger partial charge in [-0.05, 0) is 45.0 Å². The summed E-state index contributed by atoms with van der Waals surface area (Å²) in [6.45, 7) is 5.12. The Morgan fingerprint density at radius 1 is 1.31 bits per heavy atom. The predicted molar refractivity (Wildman–Crippen MR) is 103 cm³/mol. The average Bonchev–Trinajstić information content (AvgIpc) is 3.15. The normalized spacial score (nSPS) is 11.2. The van der Waals surface area contributed by atoms with Crippen LogP contribution in [-0.4, -0.2) is 33.3 Å². The fraction of sp³-hybridized carbons (Fsp3) is 0.300. The lowest BCUT2D eigenvalue weighted by Crippen LogP contribution is -2.40. The van der Waals surface area contributed by atoms with Crippen molar-refractivity contribution in [3.63, 3.8) is 0 Å². The van der Waals surface area contributed by atoms with Crippen molar-refractivity contribution >= 4 is 11.7 Å².